The minimum atomic E-state index is -3.16. The zero-order valence-electron chi connectivity index (χ0n) is 12.5. The molecule has 0 atom stereocenters. The first-order chi connectivity index (χ1) is 11.9. The van der Waals surface area contributed by atoms with Crippen molar-refractivity contribution in [3.63, 3.8) is 0 Å². The maximum absolute atomic E-state index is 13.9. The first-order valence-corrected chi connectivity index (χ1v) is 7.35. The number of hydrogen-bond acceptors (Lipinski definition) is 7. The van der Waals surface area contributed by atoms with E-state index in [1.54, 1.807) is 0 Å². The molecule has 25 heavy (non-hydrogen) atoms. The van der Waals surface area contributed by atoms with Crippen LogP contribution in [0.15, 0.2) is 39.4 Å². The van der Waals surface area contributed by atoms with E-state index in [-0.39, 0.29) is 15.6 Å². The Labute approximate surface area is 143 Å². The van der Waals surface area contributed by atoms with Gasteiger partial charge in [0.1, 0.15) is 0 Å². The number of nitrogens with one attached hydrogen (secondary N) is 1. The summed E-state index contributed by atoms with van der Waals surface area (Å²) in [5.41, 5.74) is -0.137. The number of esters is 1. The second kappa shape index (κ2) is 8.33. The van der Waals surface area contributed by atoms with E-state index >= 15 is 0 Å². The number of amidine groups is 1. The lowest BCUT2D eigenvalue weighted by molar-refractivity contribution is -0.135. The third kappa shape index (κ3) is 5.08. The molecular weight excluding hydrogens is 363 g/mol. The van der Waals surface area contributed by atoms with Gasteiger partial charge in [0, 0.05) is 11.6 Å². The number of alkyl halides is 2. The Balaban J connectivity index is 2.11. The van der Waals surface area contributed by atoms with Crippen molar-refractivity contribution < 1.29 is 32.2 Å². The zero-order chi connectivity index (χ0) is 18.4. The third-order valence-corrected chi connectivity index (χ3v) is 3.56. The maximum Gasteiger partial charge on any atom is 0.387 e. The summed E-state index contributed by atoms with van der Waals surface area (Å²) in [6.45, 7) is -3.16. The topological polar surface area (TPSA) is 89.3 Å². The molecule has 1 aromatic carbocycles. The minimum Gasteiger partial charge on any atom is -0.466 e. The first-order valence-electron chi connectivity index (χ1n) is 6.54. The summed E-state index contributed by atoms with van der Waals surface area (Å²) in [7, 11) is 1.16. The molecule has 0 radical (unpaired) electrons. The molecule has 11 heteroatoms. The smallest absolute Gasteiger partial charge is 0.387 e. The van der Waals surface area contributed by atoms with Gasteiger partial charge in [-0.1, -0.05) is 12.1 Å². The van der Waals surface area contributed by atoms with Gasteiger partial charge in [-0.3, -0.25) is 10.1 Å². The van der Waals surface area contributed by atoms with Crippen molar-refractivity contribution in [3.05, 3.63) is 40.6 Å². The summed E-state index contributed by atoms with van der Waals surface area (Å²) in [5, 5.41) is 9.62. The Kier molecular flexibility index (Phi) is 6.17. The summed E-state index contributed by atoms with van der Waals surface area (Å²) >= 11 is 0.832. The third-order valence-electron chi connectivity index (χ3n) is 2.66. The Morgan fingerprint density at radius 3 is 2.84 bits per heavy atom. The molecule has 1 aromatic rings. The van der Waals surface area contributed by atoms with Gasteiger partial charge in [0.05, 0.1) is 18.2 Å². The average Bonchev–Trinajstić information content (AvgIpc) is 2.90. The standard InChI is InChI=1S/C14H10F3N3O4S/c1-23-10(21)5-9-12(22)19-14(25-9)20-18-6-7-3-2-4-8(11(7)15)24-13(16)17/h2-6,13H,1H3,(H,19,20,22)/b9-5+,18-6?. The molecule has 0 aromatic heterocycles. The Morgan fingerprint density at radius 2 is 2.16 bits per heavy atom. The SMILES string of the molecule is COC(=O)/C=C1/S/C(=N\N=Cc2cccc(OC(F)F)c2F)NC1=O. The van der Waals surface area contributed by atoms with Crippen molar-refractivity contribution >= 4 is 35.0 Å². The van der Waals surface area contributed by atoms with Crippen LogP contribution in [-0.2, 0) is 14.3 Å². The summed E-state index contributed by atoms with van der Waals surface area (Å²) in [5.74, 6) is -2.93. The number of ether oxygens (including phenoxy) is 2. The quantitative estimate of drug-likeness (QED) is 0.369. The molecule has 2 rings (SSSR count). The lowest BCUT2D eigenvalue weighted by atomic mass is 10.2. The number of carbonyl (C=O) groups is 2. The summed E-state index contributed by atoms with van der Waals surface area (Å²) in [4.78, 5) is 22.7. The van der Waals surface area contributed by atoms with E-state index in [0.29, 0.717) is 0 Å². The molecule has 0 saturated carbocycles. The molecule has 0 spiro atoms. The van der Waals surface area contributed by atoms with Crippen molar-refractivity contribution in [3.8, 4) is 5.75 Å². The normalized spacial score (nSPS) is 17.6. The lowest BCUT2D eigenvalue weighted by Gasteiger charge is -2.06. The monoisotopic (exact) mass is 373 g/mol. The fourth-order valence-electron chi connectivity index (χ4n) is 1.60. The van der Waals surface area contributed by atoms with E-state index in [1.165, 1.54) is 12.1 Å². The molecule has 0 unspecified atom stereocenters. The number of halogens is 3. The van der Waals surface area contributed by atoms with Crippen molar-refractivity contribution in [2.45, 2.75) is 6.61 Å². The van der Waals surface area contributed by atoms with E-state index in [1.807, 2.05) is 0 Å². The number of carbonyl (C=O) groups excluding carboxylic acids is 2. The molecule has 0 bridgehead atoms. The van der Waals surface area contributed by atoms with Gasteiger partial charge in [0.25, 0.3) is 5.91 Å². The molecule has 1 amide bonds. The highest BCUT2D eigenvalue weighted by molar-refractivity contribution is 8.18. The Bertz CT molecular complexity index is 781. The number of rotatable bonds is 5. The molecule has 0 aliphatic carbocycles. The van der Waals surface area contributed by atoms with Crippen LogP contribution in [-0.4, -0.2) is 37.0 Å². The van der Waals surface area contributed by atoms with Gasteiger partial charge in [-0.15, -0.1) is 5.10 Å². The number of thioether (sulfide) groups is 1. The Morgan fingerprint density at radius 1 is 1.40 bits per heavy atom. The molecule has 1 N–H and O–H groups in total. The highest BCUT2D eigenvalue weighted by atomic mass is 32.2. The summed E-state index contributed by atoms with van der Waals surface area (Å²) in [6, 6.07) is 3.63. The van der Waals surface area contributed by atoms with Gasteiger partial charge in [-0.25, -0.2) is 9.18 Å². The van der Waals surface area contributed by atoms with Crippen LogP contribution in [0, 0.1) is 5.82 Å². The average molecular weight is 373 g/mol. The van der Waals surface area contributed by atoms with E-state index < -0.39 is 30.1 Å². The largest absolute Gasteiger partial charge is 0.466 e. The highest BCUT2D eigenvalue weighted by Gasteiger charge is 2.25. The zero-order valence-corrected chi connectivity index (χ0v) is 13.4. The van der Waals surface area contributed by atoms with Crippen molar-refractivity contribution in [1.82, 2.24) is 5.32 Å². The summed E-state index contributed by atoms with van der Waals surface area (Å²) < 4.78 is 46.6. The van der Waals surface area contributed by atoms with Gasteiger partial charge in [0.15, 0.2) is 16.7 Å². The first kappa shape index (κ1) is 18.5. The van der Waals surface area contributed by atoms with Crippen molar-refractivity contribution in [2.75, 3.05) is 7.11 Å². The van der Waals surface area contributed by atoms with Crippen LogP contribution in [0.25, 0.3) is 0 Å². The summed E-state index contributed by atoms with van der Waals surface area (Å²) in [6.07, 6.45) is 1.95. The predicted molar refractivity (Wildman–Crippen MR) is 83.9 cm³/mol. The molecule has 1 heterocycles. The fraction of sp³-hybridized carbons (Fsp3) is 0.143. The number of methoxy groups -OCH3 is 1. The molecule has 132 valence electrons. The lowest BCUT2D eigenvalue weighted by Crippen LogP contribution is -2.19. The minimum absolute atomic E-state index is 0.0526. The molecule has 1 aliphatic rings. The molecule has 7 nitrogen and oxygen atoms in total. The van der Waals surface area contributed by atoms with E-state index in [2.05, 4.69) is 25.0 Å². The van der Waals surface area contributed by atoms with Crippen LogP contribution in [0.1, 0.15) is 5.56 Å². The number of amides is 1. The second-order valence-electron chi connectivity index (χ2n) is 4.28. The van der Waals surface area contributed by atoms with Gasteiger partial charge in [-0.05, 0) is 17.8 Å². The number of nitrogens with zero attached hydrogens (tertiary/aromatic N) is 2. The van der Waals surface area contributed by atoms with Crippen LogP contribution in [0.2, 0.25) is 0 Å². The molecule has 1 saturated heterocycles. The molecule has 1 aliphatic heterocycles. The second-order valence-corrected chi connectivity index (χ2v) is 5.31. The van der Waals surface area contributed by atoms with Gasteiger partial charge in [0.2, 0.25) is 0 Å². The van der Waals surface area contributed by atoms with E-state index in [4.69, 9.17) is 0 Å². The van der Waals surface area contributed by atoms with Crippen molar-refractivity contribution in [1.29, 1.82) is 0 Å². The number of hydrogen-bond donors (Lipinski definition) is 1. The van der Waals surface area contributed by atoms with Gasteiger partial charge in [-0.2, -0.15) is 13.9 Å². The molecular formula is C14H10F3N3O4S. The van der Waals surface area contributed by atoms with Crippen LogP contribution in [0.4, 0.5) is 13.2 Å². The van der Waals surface area contributed by atoms with Crippen LogP contribution in [0.5, 0.6) is 5.75 Å². The maximum atomic E-state index is 13.9. The van der Waals surface area contributed by atoms with Crippen LogP contribution >= 0.6 is 11.8 Å². The van der Waals surface area contributed by atoms with E-state index in [0.717, 1.165) is 37.2 Å². The molecule has 1 fully saturated rings. The van der Waals surface area contributed by atoms with Crippen LogP contribution < -0.4 is 10.1 Å². The highest BCUT2D eigenvalue weighted by Crippen LogP contribution is 2.24. The Hall–Kier alpha value is -2.82. The van der Waals surface area contributed by atoms with Crippen molar-refractivity contribution in [2.24, 2.45) is 10.2 Å². The van der Waals surface area contributed by atoms with Crippen LogP contribution in [0.3, 0.4) is 0 Å². The number of benzene rings is 1. The van der Waals surface area contributed by atoms with E-state index in [9.17, 15) is 22.8 Å². The van der Waals surface area contributed by atoms with Gasteiger partial charge < -0.3 is 9.47 Å². The van der Waals surface area contributed by atoms with Gasteiger partial charge >= 0.3 is 12.6 Å². The predicted octanol–water partition coefficient (Wildman–Crippen LogP) is 2.04. The fourth-order valence-corrected chi connectivity index (χ4v) is 2.34.